The van der Waals surface area contributed by atoms with Crippen LogP contribution in [0.5, 0.6) is 0 Å². The molecule has 1 amide bonds. The number of unbranched alkanes of at least 4 members (excludes halogenated alkanes) is 1. The summed E-state index contributed by atoms with van der Waals surface area (Å²) in [4.78, 5) is 16.4. The maximum atomic E-state index is 12.5. The molecule has 0 aliphatic heterocycles. The van der Waals surface area contributed by atoms with Crippen molar-refractivity contribution < 1.29 is 9.53 Å². The maximum Gasteiger partial charge on any atom is 0.248 e. The number of hydrogen-bond donors (Lipinski definition) is 0. The van der Waals surface area contributed by atoms with Gasteiger partial charge in [-0.15, -0.1) is 6.42 Å². The van der Waals surface area contributed by atoms with Gasteiger partial charge in [0.25, 0.3) is 0 Å². The number of rotatable bonds is 9. The average Bonchev–Trinajstić information content (AvgIpc) is 2.64. The van der Waals surface area contributed by atoms with Gasteiger partial charge in [0.2, 0.25) is 5.91 Å². The van der Waals surface area contributed by atoms with Gasteiger partial charge in [0, 0.05) is 23.7 Å². The molecule has 0 aliphatic carbocycles. The van der Waals surface area contributed by atoms with Crippen LogP contribution in [0.2, 0.25) is 0 Å². The molecular formula is C19H24N4O2. The van der Waals surface area contributed by atoms with E-state index in [0.29, 0.717) is 23.2 Å². The van der Waals surface area contributed by atoms with Gasteiger partial charge in [0.1, 0.15) is 6.61 Å². The summed E-state index contributed by atoms with van der Waals surface area (Å²) in [5.41, 5.74) is 1.90. The lowest BCUT2D eigenvalue weighted by atomic mass is 10.1. The first-order valence-electron chi connectivity index (χ1n) is 8.15. The Morgan fingerprint density at radius 2 is 2.24 bits per heavy atom. The number of amides is 1. The van der Waals surface area contributed by atoms with Crippen LogP contribution in [0.25, 0.3) is 0 Å². The summed E-state index contributed by atoms with van der Waals surface area (Å²) < 4.78 is 5.45. The Morgan fingerprint density at radius 3 is 2.88 bits per heavy atom. The van der Waals surface area contributed by atoms with E-state index in [9.17, 15) is 4.79 Å². The summed E-state index contributed by atoms with van der Waals surface area (Å²) in [6, 6.07) is 5.36. The first kappa shape index (κ1) is 20.1. The fraction of sp³-hybridized carbons (Fsp3) is 0.368. The highest BCUT2D eigenvalue weighted by Crippen LogP contribution is 2.26. The Hall–Kier alpha value is -2.94. The van der Waals surface area contributed by atoms with E-state index in [4.69, 9.17) is 11.2 Å². The van der Waals surface area contributed by atoms with Gasteiger partial charge < -0.3 is 4.74 Å². The second-order valence-electron chi connectivity index (χ2n) is 5.09. The molecule has 6 heteroatoms. The summed E-state index contributed by atoms with van der Waals surface area (Å²) in [6.07, 6.45) is 12.4. The second kappa shape index (κ2) is 11.6. The van der Waals surface area contributed by atoms with Gasteiger partial charge in [-0.2, -0.15) is 10.1 Å². The standard InChI is InChI=1S/C19H24N4O2/c1-5-8-12-19(24)23(22-20-4)18-11-9-10-16(7-3)17(18)14-25-15-21-13-6-2/h3,6,9-11,13,15H,5,8,12,14H2,1-2,4H3/b13-6-,21-15?,22-20?. The normalized spacial score (nSPS) is 11.3. The maximum absolute atomic E-state index is 12.5. The van der Waals surface area contributed by atoms with E-state index < -0.39 is 0 Å². The van der Waals surface area contributed by atoms with E-state index in [2.05, 4.69) is 21.3 Å². The lowest BCUT2D eigenvalue weighted by Crippen LogP contribution is -2.26. The van der Waals surface area contributed by atoms with Crippen molar-refractivity contribution in [1.82, 2.24) is 0 Å². The Kier molecular flexibility index (Phi) is 9.31. The average molecular weight is 340 g/mol. The van der Waals surface area contributed by atoms with Crippen LogP contribution in [-0.4, -0.2) is 19.4 Å². The molecule has 1 rings (SSSR count). The third-order valence-electron chi connectivity index (χ3n) is 3.29. The van der Waals surface area contributed by atoms with E-state index in [1.165, 1.54) is 18.5 Å². The van der Waals surface area contributed by atoms with Crippen LogP contribution in [0.4, 0.5) is 5.69 Å². The Bertz CT molecular complexity index is 687. The number of ether oxygens (including phenoxy) is 1. The van der Waals surface area contributed by atoms with Gasteiger partial charge >= 0.3 is 0 Å². The molecule has 6 nitrogen and oxygen atoms in total. The molecule has 0 aromatic heterocycles. The van der Waals surface area contributed by atoms with Crippen LogP contribution < -0.4 is 5.01 Å². The van der Waals surface area contributed by atoms with Crippen molar-refractivity contribution >= 4 is 18.0 Å². The van der Waals surface area contributed by atoms with Crippen molar-refractivity contribution in [3.8, 4) is 12.3 Å². The van der Waals surface area contributed by atoms with Gasteiger partial charge in [0.05, 0.1) is 12.7 Å². The molecule has 0 radical (unpaired) electrons. The minimum atomic E-state index is -0.134. The summed E-state index contributed by atoms with van der Waals surface area (Å²) >= 11 is 0. The van der Waals surface area contributed by atoms with Crippen LogP contribution in [0.1, 0.15) is 44.2 Å². The molecule has 0 saturated heterocycles. The van der Waals surface area contributed by atoms with Crippen molar-refractivity contribution in [2.24, 2.45) is 15.3 Å². The molecule has 0 N–H and O–H groups in total. The van der Waals surface area contributed by atoms with Crippen molar-refractivity contribution in [3.63, 3.8) is 0 Å². The molecule has 0 atom stereocenters. The number of nitrogens with zero attached hydrogens (tertiary/aromatic N) is 4. The predicted octanol–water partition coefficient (Wildman–Crippen LogP) is 4.27. The van der Waals surface area contributed by atoms with E-state index in [-0.39, 0.29) is 12.5 Å². The highest BCUT2D eigenvalue weighted by molar-refractivity contribution is 5.93. The molecule has 0 bridgehead atoms. The molecule has 0 heterocycles. The molecule has 132 valence electrons. The first-order chi connectivity index (χ1) is 12.2. The van der Waals surface area contributed by atoms with Crippen molar-refractivity contribution in [1.29, 1.82) is 0 Å². The summed E-state index contributed by atoms with van der Waals surface area (Å²) in [5.74, 6) is 2.48. The third kappa shape index (κ3) is 6.22. The van der Waals surface area contributed by atoms with E-state index >= 15 is 0 Å². The lowest BCUT2D eigenvalue weighted by Gasteiger charge is -2.20. The summed E-state index contributed by atoms with van der Waals surface area (Å²) in [6.45, 7) is 4.06. The number of anilines is 1. The molecule has 1 aromatic rings. The molecular weight excluding hydrogens is 316 g/mol. The zero-order valence-electron chi connectivity index (χ0n) is 15.0. The fourth-order valence-corrected chi connectivity index (χ4v) is 2.10. The topological polar surface area (TPSA) is 66.6 Å². The minimum absolute atomic E-state index is 0.134. The van der Waals surface area contributed by atoms with E-state index in [0.717, 1.165) is 12.8 Å². The number of hydrogen-bond acceptors (Lipinski definition) is 5. The van der Waals surface area contributed by atoms with Crippen LogP contribution in [-0.2, 0) is 16.1 Å². The number of terminal acetylenes is 1. The van der Waals surface area contributed by atoms with Crippen LogP contribution in [0, 0.1) is 12.3 Å². The third-order valence-corrected chi connectivity index (χ3v) is 3.29. The fourth-order valence-electron chi connectivity index (χ4n) is 2.10. The molecule has 1 aromatic carbocycles. The predicted molar refractivity (Wildman–Crippen MR) is 100 cm³/mol. The highest BCUT2D eigenvalue weighted by atomic mass is 16.5. The van der Waals surface area contributed by atoms with Crippen molar-refractivity contribution in [2.75, 3.05) is 12.1 Å². The largest absolute Gasteiger partial charge is 0.478 e. The smallest absolute Gasteiger partial charge is 0.248 e. The van der Waals surface area contributed by atoms with Crippen molar-refractivity contribution in [3.05, 3.63) is 41.6 Å². The molecule has 0 spiro atoms. The van der Waals surface area contributed by atoms with Crippen LogP contribution in [0.3, 0.4) is 0 Å². The molecule has 25 heavy (non-hydrogen) atoms. The SMILES string of the molecule is C#Cc1cccc(N(N=NC)C(=O)CCCC)c1COC=N/C=C\C. The monoisotopic (exact) mass is 340 g/mol. The number of carbonyl (C=O) groups excluding carboxylic acids is 1. The van der Waals surface area contributed by atoms with Crippen molar-refractivity contribution in [2.45, 2.75) is 39.7 Å². The van der Waals surface area contributed by atoms with Gasteiger partial charge in [-0.05, 0) is 25.5 Å². The lowest BCUT2D eigenvalue weighted by molar-refractivity contribution is -0.118. The quantitative estimate of drug-likeness (QED) is 0.221. The second-order valence-corrected chi connectivity index (χ2v) is 5.09. The minimum Gasteiger partial charge on any atom is -0.478 e. The zero-order valence-corrected chi connectivity index (χ0v) is 15.0. The van der Waals surface area contributed by atoms with Gasteiger partial charge in [-0.3, -0.25) is 4.79 Å². The van der Waals surface area contributed by atoms with Crippen LogP contribution >= 0.6 is 0 Å². The number of aliphatic imine (C=N–C) groups is 1. The van der Waals surface area contributed by atoms with Gasteiger partial charge in [-0.25, -0.2) is 4.99 Å². The number of benzene rings is 1. The molecule has 0 aliphatic rings. The Balaban J connectivity index is 3.17. The van der Waals surface area contributed by atoms with Gasteiger partial charge in [-0.1, -0.05) is 36.6 Å². The van der Waals surface area contributed by atoms with E-state index in [1.54, 1.807) is 30.5 Å². The van der Waals surface area contributed by atoms with Gasteiger partial charge in [0.15, 0.2) is 6.40 Å². The molecule has 0 saturated carbocycles. The number of allylic oxidation sites excluding steroid dienone is 1. The van der Waals surface area contributed by atoms with Crippen LogP contribution in [0.15, 0.2) is 45.8 Å². The van der Waals surface area contributed by atoms with E-state index in [1.807, 2.05) is 13.8 Å². The zero-order chi connectivity index (χ0) is 18.5. The Labute approximate surface area is 149 Å². The highest BCUT2D eigenvalue weighted by Gasteiger charge is 2.20. The molecule has 0 fully saturated rings. The number of carbonyl (C=O) groups is 1. The molecule has 0 unspecified atom stereocenters. The summed E-state index contributed by atoms with van der Waals surface area (Å²) in [7, 11) is 1.52. The Morgan fingerprint density at radius 1 is 1.44 bits per heavy atom. The first-order valence-corrected chi connectivity index (χ1v) is 8.15. The summed E-state index contributed by atoms with van der Waals surface area (Å²) in [5, 5.41) is 9.03.